The molecule has 0 atom stereocenters. The lowest BCUT2D eigenvalue weighted by molar-refractivity contribution is -0.104. The molecule has 1 aliphatic rings. The molecule has 1 saturated carbocycles. The number of rotatable bonds is 6. The zero-order valence-electron chi connectivity index (χ0n) is 12.9. The number of anilines is 2. The van der Waals surface area contributed by atoms with E-state index in [1.54, 1.807) is 6.08 Å². The molecule has 20 heavy (non-hydrogen) atoms. The Bertz CT molecular complexity index is 516. The zero-order chi connectivity index (χ0) is 14.7. The number of aldehydes is 1. The van der Waals surface area contributed by atoms with Gasteiger partial charge in [-0.3, -0.25) is 4.79 Å². The van der Waals surface area contributed by atoms with E-state index >= 15 is 0 Å². The van der Waals surface area contributed by atoms with Crippen LogP contribution in [0.5, 0.6) is 0 Å². The SMILES string of the molecule is CCN(C)c1ccc(N(C)C)cc1/C(=C\C=O)C1CC1. The first-order chi connectivity index (χ1) is 9.58. The summed E-state index contributed by atoms with van der Waals surface area (Å²) in [6.07, 6.45) is 5.06. The average molecular weight is 272 g/mol. The predicted octanol–water partition coefficient (Wildman–Crippen LogP) is 3.20. The molecule has 0 bridgehead atoms. The van der Waals surface area contributed by atoms with Gasteiger partial charge in [0.1, 0.15) is 6.29 Å². The molecule has 0 spiro atoms. The highest BCUT2D eigenvalue weighted by Gasteiger charge is 2.28. The Labute approximate surface area is 121 Å². The Morgan fingerprint density at radius 3 is 2.50 bits per heavy atom. The third-order valence-electron chi connectivity index (χ3n) is 3.96. The van der Waals surface area contributed by atoms with Crippen LogP contribution >= 0.6 is 0 Å². The highest BCUT2D eigenvalue weighted by Crippen LogP contribution is 2.45. The first-order valence-corrected chi connectivity index (χ1v) is 7.26. The molecule has 0 saturated heterocycles. The van der Waals surface area contributed by atoms with Gasteiger partial charge in [-0.2, -0.15) is 0 Å². The second-order valence-corrected chi connectivity index (χ2v) is 5.64. The molecule has 0 radical (unpaired) electrons. The first kappa shape index (κ1) is 14.6. The van der Waals surface area contributed by atoms with Crippen molar-refractivity contribution in [2.45, 2.75) is 19.8 Å². The lowest BCUT2D eigenvalue weighted by Crippen LogP contribution is -2.18. The fourth-order valence-corrected chi connectivity index (χ4v) is 2.45. The number of allylic oxidation sites excluding steroid dienone is 2. The Kier molecular flexibility index (Phi) is 4.48. The quantitative estimate of drug-likeness (QED) is 0.587. The van der Waals surface area contributed by atoms with Crippen molar-refractivity contribution in [1.82, 2.24) is 0 Å². The van der Waals surface area contributed by atoms with E-state index in [0.717, 1.165) is 12.8 Å². The molecule has 0 heterocycles. The number of benzene rings is 1. The maximum absolute atomic E-state index is 11.0. The van der Waals surface area contributed by atoms with Gasteiger partial charge in [0.25, 0.3) is 0 Å². The molecule has 1 aliphatic carbocycles. The third-order valence-corrected chi connectivity index (χ3v) is 3.96. The third kappa shape index (κ3) is 3.03. The molecular weight excluding hydrogens is 248 g/mol. The van der Waals surface area contributed by atoms with Crippen LogP contribution < -0.4 is 9.80 Å². The molecule has 3 nitrogen and oxygen atoms in total. The van der Waals surface area contributed by atoms with E-state index in [1.807, 2.05) is 14.1 Å². The van der Waals surface area contributed by atoms with Crippen LogP contribution in [0.2, 0.25) is 0 Å². The van der Waals surface area contributed by atoms with Crippen LogP contribution in [0.1, 0.15) is 25.3 Å². The second-order valence-electron chi connectivity index (χ2n) is 5.64. The fraction of sp³-hybridized carbons (Fsp3) is 0.471. The van der Waals surface area contributed by atoms with Crippen LogP contribution in [0.3, 0.4) is 0 Å². The van der Waals surface area contributed by atoms with Gasteiger partial charge < -0.3 is 9.80 Å². The van der Waals surface area contributed by atoms with Crippen molar-refractivity contribution in [2.75, 3.05) is 37.5 Å². The van der Waals surface area contributed by atoms with Gasteiger partial charge in [0, 0.05) is 44.6 Å². The normalized spacial score (nSPS) is 15.1. The van der Waals surface area contributed by atoms with E-state index in [1.165, 1.54) is 35.4 Å². The number of hydrogen-bond donors (Lipinski definition) is 0. The van der Waals surface area contributed by atoms with E-state index in [2.05, 4.69) is 42.0 Å². The number of nitrogens with zero attached hydrogens (tertiary/aromatic N) is 2. The van der Waals surface area contributed by atoms with Gasteiger partial charge in [0.2, 0.25) is 0 Å². The van der Waals surface area contributed by atoms with Gasteiger partial charge in [-0.25, -0.2) is 0 Å². The highest BCUT2D eigenvalue weighted by molar-refractivity contribution is 5.89. The van der Waals surface area contributed by atoms with Gasteiger partial charge in [-0.1, -0.05) is 0 Å². The minimum absolute atomic E-state index is 0.557. The minimum Gasteiger partial charge on any atom is -0.378 e. The molecule has 1 aromatic carbocycles. The maximum atomic E-state index is 11.0. The van der Waals surface area contributed by atoms with Crippen molar-refractivity contribution in [3.8, 4) is 0 Å². The number of carbonyl (C=O) groups excluding carboxylic acids is 1. The molecule has 108 valence electrons. The van der Waals surface area contributed by atoms with E-state index < -0.39 is 0 Å². The van der Waals surface area contributed by atoms with Crippen molar-refractivity contribution >= 4 is 23.2 Å². The van der Waals surface area contributed by atoms with Crippen LogP contribution in [0.15, 0.2) is 24.3 Å². The van der Waals surface area contributed by atoms with Gasteiger partial charge in [-0.15, -0.1) is 0 Å². The Morgan fingerprint density at radius 1 is 1.30 bits per heavy atom. The van der Waals surface area contributed by atoms with E-state index in [9.17, 15) is 4.79 Å². The first-order valence-electron chi connectivity index (χ1n) is 7.26. The van der Waals surface area contributed by atoms with Crippen molar-refractivity contribution < 1.29 is 4.79 Å². The summed E-state index contributed by atoms with van der Waals surface area (Å²) in [4.78, 5) is 15.3. The summed E-state index contributed by atoms with van der Waals surface area (Å²) in [6.45, 7) is 3.09. The van der Waals surface area contributed by atoms with Crippen molar-refractivity contribution in [3.05, 3.63) is 29.8 Å². The molecule has 2 rings (SSSR count). The zero-order valence-corrected chi connectivity index (χ0v) is 12.9. The summed E-state index contributed by atoms with van der Waals surface area (Å²) in [7, 11) is 6.19. The summed E-state index contributed by atoms with van der Waals surface area (Å²) in [5.41, 5.74) is 4.78. The van der Waals surface area contributed by atoms with E-state index in [4.69, 9.17) is 0 Å². The second kappa shape index (κ2) is 6.12. The Morgan fingerprint density at radius 2 is 2.00 bits per heavy atom. The predicted molar refractivity (Wildman–Crippen MR) is 86.5 cm³/mol. The van der Waals surface area contributed by atoms with Gasteiger partial charge in [0.05, 0.1) is 0 Å². The molecule has 1 aromatic rings. The van der Waals surface area contributed by atoms with Crippen LogP contribution in [0.25, 0.3) is 5.57 Å². The lowest BCUT2D eigenvalue weighted by atomic mass is 9.97. The highest BCUT2D eigenvalue weighted by atomic mass is 16.1. The molecule has 0 N–H and O–H groups in total. The summed E-state index contributed by atoms with van der Waals surface area (Å²) in [5.74, 6) is 0.557. The number of hydrogen-bond acceptors (Lipinski definition) is 3. The monoisotopic (exact) mass is 272 g/mol. The average Bonchev–Trinajstić information content (AvgIpc) is 3.27. The van der Waals surface area contributed by atoms with Crippen molar-refractivity contribution in [1.29, 1.82) is 0 Å². The van der Waals surface area contributed by atoms with E-state index in [0.29, 0.717) is 5.92 Å². The van der Waals surface area contributed by atoms with Gasteiger partial charge >= 0.3 is 0 Å². The summed E-state index contributed by atoms with van der Waals surface area (Å²) >= 11 is 0. The van der Waals surface area contributed by atoms with Crippen molar-refractivity contribution in [2.24, 2.45) is 5.92 Å². The van der Waals surface area contributed by atoms with Crippen LogP contribution in [-0.2, 0) is 4.79 Å². The Hall–Kier alpha value is -1.77. The standard InChI is InChI=1S/C17H24N2O/c1-5-19(4)17-9-8-14(18(2)3)12-16(17)15(10-11-20)13-6-7-13/h8-13H,5-7H2,1-4H3/b15-10-. The molecule has 0 aromatic heterocycles. The Balaban J connectivity index is 2.52. The van der Waals surface area contributed by atoms with Crippen molar-refractivity contribution in [3.63, 3.8) is 0 Å². The molecule has 0 aliphatic heterocycles. The molecule has 0 unspecified atom stereocenters. The van der Waals surface area contributed by atoms with E-state index in [-0.39, 0.29) is 0 Å². The molecule has 1 fully saturated rings. The maximum Gasteiger partial charge on any atom is 0.143 e. The fourth-order valence-electron chi connectivity index (χ4n) is 2.45. The smallest absolute Gasteiger partial charge is 0.143 e. The summed E-state index contributed by atoms with van der Waals surface area (Å²) in [5, 5.41) is 0. The summed E-state index contributed by atoms with van der Waals surface area (Å²) < 4.78 is 0. The molecule has 0 amide bonds. The van der Waals surface area contributed by atoms with Gasteiger partial charge in [-0.05, 0) is 55.5 Å². The van der Waals surface area contributed by atoms with Crippen LogP contribution in [0, 0.1) is 5.92 Å². The topological polar surface area (TPSA) is 23.6 Å². The van der Waals surface area contributed by atoms with Gasteiger partial charge in [0.15, 0.2) is 0 Å². The van der Waals surface area contributed by atoms with Crippen LogP contribution in [-0.4, -0.2) is 34.0 Å². The minimum atomic E-state index is 0.557. The molecular formula is C17H24N2O. The largest absolute Gasteiger partial charge is 0.378 e. The molecule has 3 heteroatoms. The lowest BCUT2D eigenvalue weighted by Gasteiger charge is -2.24. The van der Waals surface area contributed by atoms with Crippen LogP contribution in [0.4, 0.5) is 11.4 Å². The number of carbonyl (C=O) groups is 1. The summed E-state index contributed by atoms with van der Waals surface area (Å²) in [6, 6.07) is 6.50.